The standard InChI is InChI=1S/C21H26N4O3S/c26-20(17-5-7-25(8-6-17)21(27)18-2-1-13-29-18)23-15-16-3-4-19(22-14-16)24-9-11-28-12-10-24/h1-4,13-14,17H,5-12,15H2,(H,23,26). The van der Waals surface area contributed by atoms with Gasteiger partial charge in [-0.25, -0.2) is 4.98 Å². The third-order valence-electron chi connectivity index (χ3n) is 5.50. The number of pyridine rings is 1. The van der Waals surface area contributed by atoms with Crippen molar-refractivity contribution in [2.45, 2.75) is 19.4 Å². The predicted molar refractivity (Wildman–Crippen MR) is 112 cm³/mol. The molecular formula is C21H26N4O3S. The molecule has 2 saturated heterocycles. The van der Waals surface area contributed by atoms with Gasteiger partial charge in [0.15, 0.2) is 0 Å². The molecule has 0 saturated carbocycles. The molecule has 8 heteroatoms. The Hall–Kier alpha value is -2.45. The number of rotatable bonds is 5. The molecule has 0 bridgehead atoms. The zero-order chi connectivity index (χ0) is 20.1. The molecule has 0 atom stereocenters. The van der Waals surface area contributed by atoms with E-state index in [1.54, 1.807) is 0 Å². The fourth-order valence-electron chi connectivity index (χ4n) is 3.74. The summed E-state index contributed by atoms with van der Waals surface area (Å²) in [6.07, 6.45) is 3.24. The fourth-order valence-corrected chi connectivity index (χ4v) is 4.43. The lowest BCUT2D eigenvalue weighted by molar-refractivity contribution is -0.126. The minimum atomic E-state index is -0.0389. The van der Waals surface area contributed by atoms with Gasteiger partial charge in [0.05, 0.1) is 18.1 Å². The van der Waals surface area contributed by atoms with Gasteiger partial charge in [-0.3, -0.25) is 9.59 Å². The number of nitrogens with one attached hydrogen (secondary N) is 1. The number of carbonyl (C=O) groups excluding carboxylic acids is 2. The Bertz CT molecular complexity index is 811. The number of morpholine rings is 1. The Kier molecular flexibility index (Phi) is 6.41. The lowest BCUT2D eigenvalue weighted by atomic mass is 9.95. The van der Waals surface area contributed by atoms with Crippen LogP contribution in [0.4, 0.5) is 5.82 Å². The number of aromatic nitrogens is 1. The van der Waals surface area contributed by atoms with Crippen LogP contribution in [0.15, 0.2) is 35.8 Å². The molecule has 2 fully saturated rings. The van der Waals surface area contributed by atoms with Crippen molar-refractivity contribution in [3.63, 3.8) is 0 Å². The predicted octanol–water partition coefficient (Wildman–Crippen LogP) is 2.15. The topological polar surface area (TPSA) is 74.8 Å². The number of amides is 2. The molecule has 2 aromatic rings. The van der Waals surface area contributed by atoms with Crippen LogP contribution < -0.4 is 10.2 Å². The van der Waals surface area contributed by atoms with Crippen LogP contribution in [-0.4, -0.2) is 61.1 Å². The number of anilines is 1. The summed E-state index contributed by atoms with van der Waals surface area (Å²) in [4.78, 5) is 34.3. The second-order valence-corrected chi connectivity index (χ2v) is 8.33. The number of likely N-dealkylation sites (tertiary alicyclic amines) is 1. The van der Waals surface area contributed by atoms with Crippen molar-refractivity contribution >= 4 is 29.0 Å². The van der Waals surface area contributed by atoms with E-state index in [2.05, 4.69) is 15.2 Å². The molecule has 4 rings (SSSR count). The van der Waals surface area contributed by atoms with Crippen molar-refractivity contribution in [1.29, 1.82) is 0 Å². The Balaban J connectivity index is 1.22. The Morgan fingerprint density at radius 2 is 1.93 bits per heavy atom. The van der Waals surface area contributed by atoms with E-state index in [-0.39, 0.29) is 17.7 Å². The molecule has 0 aliphatic carbocycles. The van der Waals surface area contributed by atoms with Gasteiger partial charge in [-0.05, 0) is 35.9 Å². The molecule has 0 unspecified atom stereocenters. The largest absolute Gasteiger partial charge is 0.378 e. The lowest BCUT2D eigenvalue weighted by Crippen LogP contribution is -2.42. The molecule has 29 heavy (non-hydrogen) atoms. The SMILES string of the molecule is O=C(NCc1ccc(N2CCOCC2)nc1)C1CCN(C(=O)c2cccs2)CC1. The van der Waals surface area contributed by atoms with Crippen LogP contribution in [-0.2, 0) is 16.1 Å². The lowest BCUT2D eigenvalue weighted by Gasteiger charge is -2.31. The summed E-state index contributed by atoms with van der Waals surface area (Å²) in [6, 6.07) is 7.76. The highest BCUT2D eigenvalue weighted by atomic mass is 32.1. The first-order valence-corrected chi connectivity index (χ1v) is 11.0. The molecular weight excluding hydrogens is 388 g/mol. The van der Waals surface area contributed by atoms with Gasteiger partial charge in [0, 0.05) is 44.8 Å². The van der Waals surface area contributed by atoms with Crippen molar-refractivity contribution in [3.05, 3.63) is 46.3 Å². The van der Waals surface area contributed by atoms with Crippen molar-refractivity contribution in [1.82, 2.24) is 15.2 Å². The molecule has 4 heterocycles. The fraction of sp³-hybridized carbons (Fsp3) is 0.476. The average molecular weight is 415 g/mol. The van der Waals surface area contributed by atoms with Crippen LogP contribution in [0.1, 0.15) is 28.1 Å². The summed E-state index contributed by atoms with van der Waals surface area (Å²) < 4.78 is 5.37. The number of thiophene rings is 1. The smallest absolute Gasteiger partial charge is 0.263 e. The first-order valence-electron chi connectivity index (χ1n) is 10.1. The number of hydrogen-bond acceptors (Lipinski definition) is 6. The highest BCUT2D eigenvalue weighted by Gasteiger charge is 2.28. The summed E-state index contributed by atoms with van der Waals surface area (Å²) in [5, 5.41) is 4.94. The van der Waals surface area contributed by atoms with Crippen LogP contribution in [0.25, 0.3) is 0 Å². The van der Waals surface area contributed by atoms with E-state index >= 15 is 0 Å². The molecule has 0 radical (unpaired) electrons. The van der Waals surface area contributed by atoms with Gasteiger partial charge in [-0.1, -0.05) is 12.1 Å². The van der Waals surface area contributed by atoms with Gasteiger partial charge in [0.25, 0.3) is 5.91 Å². The van der Waals surface area contributed by atoms with Crippen LogP contribution in [0, 0.1) is 5.92 Å². The highest BCUT2D eigenvalue weighted by molar-refractivity contribution is 7.12. The quantitative estimate of drug-likeness (QED) is 0.812. The monoisotopic (exact) mass is 414 g/mol. The van der Waals surface area contributed by atoms with Crippen molar-refractivity contribution in [3.8, 4) is 0 Å². The van der Waals surface area contributed by atoms with Crippen LogP contribution >= 0.6 is 11.3 Å². The van der Waals surface area contributed by atoms with Crippen LogP contribution in [0.2, 0.25) is 0 Å². The second-order valence-electron chi connectivity index (χ2n) is 7.39. The van der Waals surface area contributed by atoms with Crippen molar-refractivity contribution in [2.75, 3.05) is 44.3 Å². The van der Waals surface area contributed by atoms with Gasteiger partial charge in [0.2, 0.25) is 5.91 Å². The van der Waals surface area contributed by atoms with E-state index in [1.807, 2.05) is 40.7 Å². The summed E-state index contributed by atoms with van der Waals surface area (Å²) in [7, 11) is 0. The minimum Gasteiger partial charge on any atom is -0.378 e. The normalized spacial score (nSPS) is 17.9. The van der Waals surface area contributed by atoms with E-state index in [4.69, 9.17) is 4.74 Å². The number of hydrogen-bond donors (Lipinski definition) is 1. The van der Waals surface area contributed by atoms with Gasteiger partial charge >= 0.3 is 0 Å². The zero-order valence-corrected chi connectivity index (χ0v) is 17.2. The first-order chi connectivity index (χ1) is 14.2. The maximum Gasteiger partial charge on any atom is 0.263 e. The molecule has 154 valence electrons. The minimum absolute atomic E-state index is 0.0389. The maximum atomic E-state index is 12.5. The molecule has 2 aliphatic rings. The Labute approximate surface area is 174 Å². The molecule has 1 N–H and O–H groups in total. The summed E-state index contributed by atoms with van der Waals surface area (Å²) in [5.41, 5.74) is 0.987. The number of carbonyl (C=O) groups is 2. The molecule has 0 aromatic carbocycles. The summed E-state index contributed by atoms with van der Waals surface area (Å²) >= 11 is 1.46. The maximum absolute atomic E-state index is 12.5. The number of ether oxygens (including phenoxy) is 1. The van der Waals surface area contributed by atoms with Crippen LogP contribution in [0.3, 0.4) is 0 Å². The zero-order valence-electron chi connectivity index (χ0n) is 16.4. The van der Waals surface area contributed by atoms with Gasteiger partial charge in [0.1, 0.15) is 5.82 Å². The highest BCUT2D eigenvalue weighted by Crippen LogP contribution is 2.21. The van der Waals surface area contributed by atoms with Crippen LogP contribution in [0.5, 0.6) is 0 Å². The molecule has 2 amide bonds. The summed E-state index contributed by atoms with van der Waals surface area (Å²) in [5.74, 6) is 1.05. The van der Waals surface area contributed by atoms with Gasteiger partial charge in [-0.15, -0.1) is 11.3 Å². The van der Waals surface area contributed by atoms with Crippen molar-refractivity contribution < 1.29 is 14.3 Å². The average Bonchev–Trinajstić information content (AvgIpc) is 3.33. The Morgan fingerprint density at radius 3 is 2.59 bits per heavy atom. The van der Waals surface area contributed by atoms with E-state index in [1.165, 1.54) is 11.3 Å². The second kappa shape index (κ2) is 9.37. The molecule has 7 nitrogen and oxygen atoms in total. The van der Waals surface area contributed by atoms with E-state index in [9.17, 15) is 9.59 Å². The van der Waals surface area contributed by atoms with Gasteiger partial charge < -0.3 is 19.9 Å². The van der Waals surface area contributed by atoms with Gasteiger partial charge in [-0.2, -0.15) is 0 Å². The van der Waals surface area contributed by atoms with E-state index < -0.39 is 0 Å². The molecule has 2 aromatic heterocycles. The molecule has 2 aliphatic heterocycles. The number of nitrogens with zero attached hydrogens (tertiary/aromatic N) is 3. The van der Waals surface area contributed by atoms with Crippen molar-refractivity contribution in [2.24, 2.45) is 5.92 Å². The Morgan fingerprint density at radius 1 is 1.14 bits per heavy atom. The third kappa shape index (κ3) is 4.94. The third-order valence-corrected chi connectivity index (χ3v) is 6.35. The van der Waals surface area contributed by atoms with E-state index in [0.717, 1.165) is 42.6 Å². The van der Waals surface area contributed by atoms with E-state index in [0.29, 0.717) is 32.5 Å². The number of piperidine rings is 1. The molecule has 0 spiro atoms. The summed E-state index contributed by atoms with van der Waals surface area (Å²) in [6.45, 7) is 4.92. The first kappa shape index (κ1) is 19.8.